The molecule has 1 aliphatic rings. The zero-order valence-electron chi connectivity index (χ0n) is 11.2. The van der Waals surface area contributed by atoms with Crippen LogP contribution in [0.4, 0.5) is 5.13 Å². The molecule has 1 aromatic heterocycles. The van der Waals surface area contributed by atoms with Crippen molar-refractivity contribution in [2.75, 3.05) is 31.2 Å². The normalized spacial score (nSPS) is 21.1. The molecule has 1 unspecified atom stereocenters. The van der Waals surface area contributed by atoms with E-state index in [1.54, 1.807) is 11.3 Å². The summed E-state index contributed by atoms with van der Waals surface area (Å²) in [5.74, 6) is 1.15. The molecular weight excluding hydrogens is 264 g/mol. The molecule has 1 N–H and O–H groups in total. The summed E-state index contributed by atoms with van der Waals surface area (Å²) >= 11 is 3.50. The number of anilines is 1. The Morgan fingerprint density at radius 2 is 2.33 bits per heavy atom. The molecule has 6 heteroatoms. The van der Waals surface area contributed by atoms with Crippen LogP contribution >= 0.6 is 23.1 Å². The van der Waals surface area contributed by atoms with Crippen molar-refractivity contribution in [3.8, 4) is 0 Å². The van der Waals surface area contributed by atoms with E-state index in [0.717, 1.165) is 27.8 Å². The summed E-state index contributed by atoms with van der Waals surface area (Å²) in [6.07, 6.45) is 5.37. The quantitative estimate of drug-likeness (QED) is 0.814. The summed E-state index contributed by atoms with van der Waals surface area (Å²) in [5, 5.41) is 12.4. The van der Waals surface area contributed by atoms with E-state index in [9.17, 15) is 0 Å². The Balaban J connectivity index is 1.70. The van der Waals surface area contributed by atoms with Crippen LogP contribution in [0.3, 0.4) is 0 Å². The number of piperidine rings is 1. The van der Waals surface area contributed by atoms with Crippen LogP contribution in [0.15, 0.2) is 4.34 Å². The van der Waals surface area contributed by atoms with Crippen LogP contribution in [0, 0.1) is 0 Å². The average Bonchev–Trinajstić information content (AvgIpc) is 2.80. The standard InChI is InChI=1S/C12H22N4S2/c1-3-13-11-14-15-12(18-11)17-9-7-10-6-4-5-8-16(10)2/h10H,3-9H2,1-2H3,(H,13,14). The molecule has 1 aromatic rings. The third-order valence-corrected chi connectivity index (χ3v) is 5.38. The predicted octanol–water partition coefficient (Wildman–Crippen LogP) is 2.94. The Hall–Kier alpha value is -0.330. The molecule has 0 spiro atoms. The van der Waals surface area contributed by atoms with Gasteiger partial charge < -0.3 is 10.2 Å². The Labute approximate surface area is 118 Å². The van der Waals surface area contributed by atoms with Gasteiger partial charge in [-0.1, -0.05) is 29.5 Å². The lowest BCUT2D eigenvalue weighted by atomic mass is 10.0. The zero-order valence-corrected chi connectivity index (χ0v) is 12.8. The van der Waals surface area contributed by atoms with Gasteiger partial charge in [0.2, 0.25) is 5.13 Å². The van der Waals surface area contributed by atoms with Gasteiger partial charge >= 0.3 is 0 Å². The van der Waals surface area contributed by atoms with Gasteiger partial charge in [0.25, 0.3) is 0 Å². The first kappa shape index (κ1) is 14.1. The topological polar surface area (TPSA) is 41.1 Å². The fourth-order valence-corrected chi connectivity index (χ4v) is 4.21. The van der Waals surface area contributed by atoms with Crippen LogP contribution in [-0.2, 0) is 0 Å². The highest BCUT2D eigenvalue weighted by Gasteiger charge is 2.18. The lowest BCUT2D eigenvalue weighted by Crippen LogP contribution is -2.36. The summed E-state index contributed by atoms with van der Waals surface area (Å²) in [6, 6.07) is 0.771. The minimum atomic E-state index is 0.771. The van der Waals surface area contributed by atoms with Crippen molar-refractivity contribution in [3.63, 3.8) is 0 Å². The minimum Gasteiger partial charge on any atom is -0.360 e. The van der Waals surface area contributed by atoms with E-state index >= 15 is 0 Å². The smallest absolute Gasteiger partial charge is 0.206 e. The molecule has 2 heterocycles. The molecule has 0 radical (unpaired) electrons. The van der Waals surface area contributed by atoms with E-state index in [0.29, 0.717) is 0 Å². The number of aromatic nitrogens is 2. The first-order chi connectivity index (χ1) is 8.79. The van der Waals surface area contributed by atoms with Crippen molar-refractivity contribution >= 4 is 28.2 Å². The van der Waals surface area contributed by atoms with E-state index in [-0.39, 0.29) is 0 Å². The molecule has 1 aliphatic heterocycles. The Kier molecular flexibility index (Phi) is 5.72. The largest absolute Gasteiger partial charge is 0.360 e. The fraction of sp³-hybridized carbons (Fsp3) is 0.833. The van der Waals surface area contributed by atoms with Gasteiger partial charge in [-0.2, -0.15) is 0 Å². The van der Waals surface area contributed by atoms with E-state index in [1.807, 2.05) is 11.8 Å². The van der Waals surface area contributed by atoms with Gasteiger partial charge in [0.05, 0.1) is 0 Å². The van der Waals surface area contributed by atoms with E-state index in [2.05, 4.69) is 34.4 Å². The maximum atomic E-state index is 4.19. The third kappa shape index (κ3) is 4.10. The molecule has 0 aliphatic carbocycles. The second-order valence-electron chi connectivity index (χ2n) is 4.67. The van der Waals surface area contributed by atoms with Gasteiger partial charge in [0, 0.05) is 18.3 Å². The summed E-state index contributed by atoms with van der Waals surface area (Å²) in [4.78, 5) is 2.51. The van der Waals surface area contributed by atoms with Gasteiger partial charge in [-0.15, -0.1) is 10.2 Å². The second-order valence-corrected chi connectivity index (χ2v) is 6.99. The maximum Gasteiger partial charge on any atom is 0.206 e. The summed E-state index contributed by atoms with van der Waals surface area (Å²) < 4.78 is 1.09. The van der Waals surface area contributed by atoms with Crippen molar-refractivity contribution in [3.05, 3.63) is 0 Å². The van der Waals surface area contributed by atoms with Crippen LogP contribution in [-0.4, -0.2) is 47.0 Å². The molecule has 0 amide bonds. The first-order valence-corrected chi connectivity index (χ1v) is 8.50. The molecule has 0 saturated carbocycles. The monoisotopic (exact) mass is 286 g/mol. The Morgan fingerprint density at radius 3 is 3.11 bits per heavy atom. The van der Waals surface area contributed by atoms with Crippen LogP contribution in [0.25, 0.3) is 0 Å². The molecule has 18 heavy (non-hydrogen) atoms. The zero-order chi connectivity index (χ0) is 12.8. The highest BCUT2D eigenvalue weighted by atomic mass is 32.2. The van der Waals surface area contributed by atoms with Crippen molar-refractivity contribution in [2.24, 2.45) is 0 Å². The number of hydrogen-bond acceptors (Lipinski definition) is 6. The van der Waals surface area contributed by atoms with E-state index < -0.39 is 0 Å². The lowest BCUT2D eigenvalue weighted by molar-refractivity contribution is 0.182. The number of likely N-dealkylation sites (tertiary alicyclic amines) is 1. The summed E-state index contributed by atoms with van der Waals surface area (Å²) in [7, 11) is 2.25. The number of thioether (sulfide) groups is 1. The van der Waals surface area contributed by atoms with Gasteiger partial charge in [0.15, 0.2) is 4.34 Å². The Morgan fingerprint density at radius 1 is 1.44 bits per heavy atom. The van der Waals surface area contributed by atoms with Gasteiger partial charge in [-0.25, -0.2) is 0 Å². The molecule has 1 fully saturated rings. The van der Waals surface area contributed by atoms with Crippen LogP contribution < -0.4 is 5.32 Å². The van der Waals surface area contributed by atoms with Crippen molar-refractivity contribution in [2.45, 2.75) is 43.0 Å². The van der Waals surface area contributed by atoms with E-state index in [4.69, 9.17) is 0 Å². The summed E-state index contributed by atoms with van der Waals surface area (Å²) in [5.41, 5.74) is 0. The second kappa shape index (κ2) is 7.31. The molecule has 0 bridgehead atoms. The predicted molar refractivity (Wildman–Crippen MR) is 79.7 cm³/mol. The highest BCUT2D eigenvalue weighted by Crippen LogP contribution is 2.27. The molecular formula is C12H22N4S2. The number of nitrogens with one attached hydrogen (secondary N) is 1. The molecule has 0 aromatic carbocycles. The van der Waals surface area contributed by atoms with Crippen molar-refractivity contribution in [1.29, 1.82) is 0 Å². The van der Waals surface area contributed by atoms with E-state index in [1.165, 1.54) is 32.2 Å². The SMILES string of the molecule is CCNc1nnc(SCCC2CCCCN2C)s1. The van der Waals surface area contributed by atoms with Crippen LogP contribution in [0.2, 0.25) is 0 Å². The Bertz CT molecular complexity index is 356. The van der Waals surface area contributed by atoms with Gasteiger partial charge in [-0.3, -0.25) is 0 Å². The van der Waals surface area contributed by atoms with Crippen molar-refractivity contribution < 1.29 is 0 Å². The maximum absolute atomic E-state index is 4.19. The number of rotatable bonds is 6. The molecule has 102 valence electrons. The average molecular weight is 286 g/mol. The third-order valence-electron chi connectivity index (χ3n) is 3.33. The first-order valence-electron chi connectivity index (χ1n) is 6.70. The lowest BCUT2D eigenvalue weighted by Gasteiger charge is -2.32. The van der Waals surface area contributed by atoms with Gasteiger partial charge in [0.1, 0.15) is 0 Å². The van der Waals surface area contributed by atoms with Crippen LogP contribution in [0.1, 0.15) is 32.6 Å². The van der Waals surface area contributed by atoms with Crippen LogP contribution in [0.5, 0.6) is 0 Å². The molecule has 4 nitrogen and oxygen atoms in total. The fourth-order valence-electron chi connectivity index (χ4n) is 2.28. The van der Waals surface area contributed by atoms with Gasteiger partial charge in [-0.05, 0) is 39.8 Å². The molecule has 1 atom stereocenters. The molecule has 1 saturated heterocycles. The highest BCUT2D eigenvalue weighted by molar-refractivity contribution is 8.01. The number of nitrogens with zero attached hydrogens (tertiary/aromatic N) is 3. The number of hydrogen-bond donors (Lipinski definition) is 1. The summed E-state index contributed by atoms with van der Waals surface area (Å²) in [6.45, 7) is 4.25. The van der Waals surface area contributed by atoms with Crippen molar-refractivity contribution in [1.82, 2.24) is 15.1 Å². The minimum absolute atomic E-state index is 0.771. The molecule has 2 rings (SSSR count).